The zero-order valence-electron chi connectivity index (χ0n) is 13.9. The van der Waals surface area contributed by atoms with E-state index in [4.69, 9.17) is 5.11 Å². The number of hydrogen-bond donors (Lipinski definition) is 5. The van der Waals surface area contributed by atoms with E-state index >= 15 is 0 Å². The molecule has 23 heavy (non-hydrogen) atoms. The van der Waals surface area contributed by atoms with Crippen LogP contribution >= 0.6 is 0 Å². The molecule has 1 rings (SSSR count). The average molecular weight is 325 g/mol. The van der Waals surface area contributed by atoms with Gasteiger partial charge in [-0.05, 0) is 41.0 Å². The number of aromatic nitrogens is 2. The molecule has 0 bridgehead atoms. The zero-order valence-corrected chi connectivity index (χ0v) is 13.9. The van der Waals surface area contributed by atoms with Crippen LogP contribution in [-0.4, -0.2) is 38.3 Å². The molecule has 1 aromatic heterocycles. The number of hydrogen-bond acceptors (Lipinski definition) is 4. The maximum absolute atomic E-state index is 12.0. The number of carbonyl (C=O) groups excluding carboxylic acids is 1. The third-order valence-electron chi connectivity index (χ3n) is 2.88. The molecule has 9 nitrogen and oxygen atoms in total. The first-order valence-electron chi connectivity index (χ1n) is 7.07. The van der Waals surface area contributed by atoms with Crippen LogP contribution in [0.15, 0.2) is 10.9 Å². The second kappa shape index (κ2) is 6.67. The van der Waals surface area contributed by atoms with Crippen molar-refractivity contribution < 1.29 is 14.7 Å². The summed E-state index contributed by atoms with van der Waals surface area (Å²) in [7, 11) is 0. The Morgan fingerprint density at radius 1 is 1.22 bits per heavy atom. The van der Waals surface area contributed by atoms with E-state index in [1.54, 1.807) is 34.6 Å². The molecule has 0 aromatic carbocycles. The van der Waals surface area contributed by atoms with Gasteiger partial charge in [-0.3, -0.25) is 15.1 Å². The Morgan fingerprint density at radius 2 is 1.78 bits per heavy atom. The van der Waals surface area contributed by atoms with Crippen molar-refractivity contribution >= 4 is 18.1 Å². The summed E-state index contributed by atoms with van der Waals surface area (Å²) < 4.78 is 0. The summed E-state index contributed by atoms with van der Waals surface area (Å²) in [6.45, 7) is 8.63. The molecule has 0 unspecified atom stereocenters. The lowest BCUT2D eigenvalue weighted by Crippen LogP contribution is -2.54. The van der Waals surface area contributed by atoms with E-state index in [-0.39, 0.29) is 11.5 Å². The molecule has 5 N–H and O–H groups in total. The molecule has 3 amide bonds. The highest BCUT2D eigenvalue weighted by Gasteiger charge is 2.31. The van der Waals surface area contributed by atoms with Crippen molar-refractivity contribution in [1.29, 1.82) is 0 Å². The van der Waals surface area contributed by atoms with E-state index in [1.807, 2.05) is 0 Å². The first-order chi connectivity index (χ1) is 10.4. The van der Waals surface area contributed by atoms with Crippen LogP contribution in [0.2, 0.25) is 0 Å². The Balaban J connectivity index is 2.71. The molecule has 0 aliphatic rings. The van der Waals surface area contributed by atoms with Crippen LogP contribution in [0.1, 0.15) is 39.8 Å². The van der Waals surface area contributed by atoms with Crippen molar-refractivity contribution in [3.05, 3.63) is 22.1 Å². The Labute approximate surface area is 133 Å². The van der Waals surface area contributed by atoms with Crippen LogP contribution in [0.3, 0.4) is 0 Å². The number of nitrogens with zero attached hydrogens (tertiary/aromatic N) is 1. The topological polar surface area (TPSA) is 136 Å². The fourth-order valence-corrected chi connectivity index (χ4v) is 2.57. The number of aryl methyl sites for hydroxylation is 1. The maximum Gasteiger partial charge on any atom is 0.405 e. The first-order valence-corrected chi connectivity index (χ1v) is 7.07. The number of nitrogens with one attached hydrogen (secondary N) is 4. The molecule has 1 heterocycles. The maximum atomic E-state index is 12.0. The van der Waals surface area contributed by atoms with E-state index in [0.717, 1.165) is 0 Å². The zero-order chi connectivity index (χ0) is 17.8. The number of H-pyrrole nitrogens is 1. The molecule has 0 aliphatic carbocycles. The Kier molecular flexibility index (Phi) is 5.36. The summed E-state index contributed by atoms with van der Waals surface area (Å²) in [5, 5.41) is 16.4. The quantitative estimate of drug-likeness (QED) is 0.557. The van der Waals surface area contributed by atoms with Gasteiger partial charge in [0, 0.05) is 22.8 Å². The molecule has 0 saturated heterocycles. The molecule has 128 valence electrons. The molecular formula is C14H23N5O4. The molecule has 0 fully saturated rings. The van der Waals surface area contributed by atoms with Gasteiger partial charge in [0.1, 0.15) is 0 Å². The van der Waals surface area contributed by atoms with Gasteiger partial charge in [0.25, 0.3) is 5.56 Å². The van der Waals surface area contributed by atoms with Crippen LogP contribution < -0.4 is 21.5 Å². The highest BCUT2D eigenvalue weighted by molar-refractivity contribution is 5.87. The van der Waals surface area contributed by atoms with Crippen molar-refractivity contribution in [1.82, 2.24) is 20.6 Å². The molecule has 0 saturated carbocycles. The molecule has 0 aliphatic heterocycles. The van der Waals surface area contributed by atoms with E-state index in [0.29, 0.717) is 12.1 Å². The third-order valence-corrected chi connectivity index (χ3v) is 2.88. The van der Waals surface area contributed by atoms with Gasteiger partial charge in [-0.2, -0.15) is 0 Å². The highest BCUT2D eigenvalue weighted by atomic mass is 16.4. The van der Waals surface area contributed by atoms with Gasteiger partial charge in [-0.25, -0.2) is 14.6 Å². The number of carboxylic acid groups (broad SMARTS) is 1. The summed E-state index contributed by atoms with van der Waals surface area (Å²) in [4.78, 5) is 40.6. The molecule has 0 spiro atoms. The summed E-state index contributed by atoms with van der Waals surface area (Å²) in [6, 6.07) is 0.766. The van der Waals surface area contributed by atoms with Crippen molar-refractivity contribution in [3.63, 3.8) is 0 Å². The van der Waals surface area contributed by atoms with Gasteiger partial charge in [-0.1, -0.05) is 0 Å². The fourth-order valence-electron chi connectivity index (χ4n) is 2.57. The molecule has 9 heteroatoms. The van der Waals surface area contributed by atoms with E-state index in [9.17, 15) is 14.4 Å². The van der Waals surface area contributed by atoms with Gasteiger partial charge in [-0.15, -0.1) is 0 Å². The van der Waals surface area contributed by atoms with Gasteiger partial charge < -0.3 is 15.7 Å². The van der Waals surface area contributed by atoms with E-state index < -0.39 is 23.2 Å². The van der Waals surface area contributed by atoms with Crippen LogP contribution in [-0.2, 0) is 0 Å². The van der Waals surface area contributed by atoms with Crippen molar-refractivity contribution in [3.8, 4) is 0 Å². The highest BCUT2D eigenvalue weighted by Crippen LogP contribution is 2.20. The van der Waals surface area contributed by atoms with Gasteiger partial charge in [0.15, 0.2) is 0 Å². The predicted octanol–water partition coefficient (Wildman–Crippen LogP) is 1.41. The summed E-state index contributed by atoms with van der Waals surface area (Å²) >= 11 is 0. The number of carbonyl (C=O) groups is 2. The minimum atomic E-state index is -1.13. The number of anilines is 1. The second-order valence-electron chi connectivity index (χ2n) is 6.69. The minimum absolute atomic E-state index is 0.0474. The smallest absolute Gasteiger partial charge is 0.405 e. The lowest BCUT2D eigenvalue weighted by atomic mass is 9.87. The van der Waals surface area contributed by atoms with Gasteiger partial charge >= 0.3 is 12.1 Å². The summed E-state index contributed by atoms with van der Waals surface area (Å²) in [5.74, 6) is 0.0474. The average Bonchev–Trinajstić information content (AvgIpc) is 2.20. The molecule has 0 atom stereocenters. The number of aromatic amines is 1. The van der Waals surface area contributed by atoms with Crippen LogP contribution in [0.5, 0.6) is 0 Å². The van der Waals surface area contributed by atoms with Crippen LogP contribution in [0, 0.1) is 6.92 Å². The first kappa shape index (κ1) is 18.5. The van der Waals surface area contributed by atoms with Crippen molar-refractivity contribution in [2.45, 2.75) is 52.1 Å². The minimum Gasteiger partial charge on any atom is -0.465 e. The van der Waals surface area contributed by atoms with Crippen LogP contribution in [0.4, 0.5) is 15.5 Å². The standard InChI is InChI=1S/C14H23N5O4/c1-8-6-9(20)16-10(15-8)17-11(21)18-13(2,3)7-14(4,5)19-12(22)23/h6,19H,7H2,1-5H3,(H,22,23)(H3,15,16,17,18,20,21). The SMILES string of the molecule is Cc1cc(=O)[nH]c(NC(=O)NC(C)(C)CC(C)(C)NC(=O)O)n1. The Bertz CT molecular complexity index is 651. The van der Waals surface area contributed by atoms with Gasteiger partial charge in [0.05, 0.1) is 0 Å². The number of urea groups is 1. The molecule has 0 radical (unpaired) electrons. The van der Waals surface area contributed by atoms with E-state index in [2.05, 4.69) is 25.9 Å². The Morgan fingerprint density at radius 3 is 2.30 bits per heavy atom. The molecule has 1 aromatic rings. The van der Waals surface area contributed by atoms with Gasteiger partial charge in [0.2, 0.25) is 5.95 Å². The van der Waals surface area contributed by atoms with Crippen molar-refractivity contribution in [2.75, 3.05) is 5.32 Å². The second-order valence-corrected chi connectivity index (χ2v) is 6.69. The normalized spacial score (nSPS) is 11.7. The van der Waals surface area contributed by atoms with Crippen LogP contribution in [0.25, 0.3) is 0 Å². The summed E-state index contributed by atoms with van der Waals surface area (Å²) in [5.41, 5.74) is -1.30. The lowest BCUT2D eigenvalue weighted by molar-refractivity contribution is 0.173. The Hall–Kier alpha value is -2.58. The predicted molar refractivity (Wildman–Crippen MR) is 85.7 cm³/mol. The number of rotatable bonds is 5. The summed E-state index contributed by atoms with van der Waals surface area (Å²) in [6.07, 6.45) is -0.769. The fraction of sp³-hybridized carbons (Fsp3) is 0.571. The number of amides is 3. The van der Waals surface area contributed by atoms with E-state index in [1.165, 1.54) is 6.07 Å². The monoisotopic (exact) mass is 325 g/mol. The lowest BCUT2D eigenvalue weighted by Gasteiger charge is -2.35. The molecular weight excluding hydrogens is 302 g/mol. The largest absolute Gasteiger partial charge is 0.465 e. The third kappa shape index (κ3) is 6.81. The van der Waals surface area contributed by atoms with Crippen molar-refractivity contribution in [2.24, 2.45) is 0 Å².